The number of methoxy groups -OCH3 is 1. The number of nitrogens with zero attached hydrogens (tertiary/aromatic N) is 2. The Balaban J connectivity index is 2.85. The minimum absolute atomic E-state index is 0.00661. The molecule has 0 saturated carbocycles. The SMILES string of the molecule is COCCN(CCO)Cc1ccc(Cl)cc1[N+](=O)[O-]. The molecule has 0 amide bonds. The van der Waals surface area contributed by atoms with Gasteiger partial charge in [0.15, 0.2) is 0 Å². The summed E-state index contributed by atoms with van der Waals surface area (Å²) in [6.45, 7) is 1.89. The van der Waals surface area contributed by atoms with E-state index in [2.05, 4.69) is 0 Å². The van der Waals surface area contributed by atoms with Crippen molar-refractivity contribution in [3.63, 3.8) is 0 Å². The highest BCUT2D eigenvalue weighted by Gasteiger charge is 2.16. The molecule has 7 heteroatoms. The maximum absolute atomic E-state index is 11.0. The molecule has 0 atom stereocenters. The van der Waals surface area contributed by atoms with Crippen LogP contribution in [0.25, 0.3) is 0 Å². The molecule has 1 rings (SSSR count). The second-order valence-corrected chi connectivity index (χ2v) is 4.46. The summed E-state index contributed by atoms with van der Waals surface area (Å²) in [5.74, 6) is 0. The molecule has 0 heterocycles. The number of nitro groups is 1. The number of ether oxygens (including phenoxy) is 1. The Morgan fingerprint density at radius 1 is 1.47 bits per heavy atom. The third-order valence-electron chi connectivity index (χ3n) is 2.67. The Bertz CT molecular complexity index is 428. The van der Waals surface area contributed by atoms with Crippen LogP contribution in [0.1, 0.15) is 5.56 Å². The van der Waals surface area contributed by atoms with Gasteiger partial charge in [0.25, 0.3) is 5.69 Å². The molecule has 106 valence electrons. The maximum Gasteiger partial charge on any atom is 0.275 e. The largest absolute Gasteiger partial charge is 0.395 e. The van der Waals surface area contributed by atoms with Gasteiger partial charge in [0.2, 0.25) is 0 Å². The van der Waals surface area contributed by atoms with Crippen molar-refractivity contribution in [3.05, 3.63) is 38.9 Å². The average molecular weight is 289 g/mol. The number of benzene rings is 1. The fourth-order valence-corrected chi connectivity index (χ4v) is 1.88. The van der Waals surface area contributed by atoms with Crippen LogP contribution in [0.2, 0.25) is 5.02 Å². The van der Waals surface area contributed by atoms with Crippen molar-refractivity contribution in [2.24, 2.45) is 0 Å². The van der Waals surface area contributed by atoms with Gasteiger partial charge in [-0.05, 0) is 12.1 Å². The molecule has 0 aliphatic rings. The lowest BCUT2D eigenvalue weighted by Gasteiger charge is -2.20. The predicted octanol–water partition coefficient (Wildman–Crippen LogP) is 1.69. The molecule has 1 aromatic carbocycles. The topological polar surface area (TPSA) is 75.8 Å². The molecule has 1 N–H and O–H groups in total. The van der Waals surface area contributed by atoms with Gasteiger partial charge in [-0.3, -0.25) is 15.0 Å². The number of aliphatic hydroxyl groups excluding tert-OH is 1. The molecule has 0 spiro atoms. The zero-order chi connectivity index (χ0) is 14.3. The second kappa shape index (κ2) is 8.06. The third kappa shape index (κ3) is 5.12. The summed E-state index contributed by atoms with van der Waals surface area (Å²) >= 11 is 5.76. The zero-order valence-corrected chi connectivity index (χ0v) is 11.5. The van der Waals surface area contributed by atoms with Gasteiger partial charge in [0, 0.05) is 43.4 Å². The van der Waals surface area contributed by atoms with Crippen molar-refractivity contribution >= 4 is 17.3 Å². The Morgan fingerprint density at radius 3 is 2.79 bits per heavy atom. The number of nitro benzene ring substituents is 1. The number of aliphatic hydroxyl groups is 1. The smallest absolute Gasteiger partial charge is 0.275 e. The minimum atomic E-state index is -0.450. The van der Waals surface area contributed by atoms with E-state index in [-0.39, 0.29) is 12.3 Å². The molecule has 0 radical (unpaired) electrons. The van der Waals surface area contributed by atoms with Crippen molar-refractivity contribution < 1.29 is 14.8 Å². The normalized spacial score (nSPS) is 10.9. The summed E-state index contributed by atoms with van der Waals surface area (Å²) in [7, 11) is 1.59. The molecule has 0 unspecified atom stereocenters. The summed E-state index contributed by atoms with van der Waals surface area (Å²) in [5, 5.41) is 20.3. The van der Waals surface area contributed by atoms with Gasteiger partial charge in [-0.25, -0.2) is 0 Å². The van der Waals surface area contributed by atoms with Crippen LogP contribution in [0, 0.1) is 10.1 Å². The van der Waals surface area contributed by atoms with Gasteiger partial charge in [0.1, 0.15) is 0 Å². The fourth-order valence-electron chi connectivity index (χ4n) is 1.71. The van der Waals surface area contributed by atoms with E-state index < -0.39 is 4.92 Å². The Labute approximate surface area is 116 Å². The van der Waals surface area contributed by atoms with Crippen LogP contribution in [-0.2, 0) is 11.3 Å². The first-order valence-corrected chi connectivity index (χ1v) is 6.21. The minimum Gasteiger partial charge on any atom is -0.395 e. The van der Waals surface area contributed by atoms with Gasteiger partial charge in [0.05, 0.1) is 18.1 Å². The van der Waals surface area contributed by atoms with E-state index in [1.807, 2.05) is 4.90 Å². The molecule has 0 aliphatic carbocycles. The summed E-state index contributed by atoms with van der Waals surface area (Å²) < 4.78 is 4.97. The van der Waals surface area contributed by atoms with Gasteiger partial charge in [-0.1, -0.05) is 11.6 Å². The highest BCUT2D eigenvalue weighted by atomic mass is 35.5. The predicted molar refractivity (Wildman–Crippen MR) is 72.3 cm³/mol. The lowest BCUT2D eigenvalue weighted by Crippen LogP contribution is -2.30. The van der Waals surface area contributed by atoms with Gasteiger partial charge < -0.3 is 9.84 Å². The molecule has 6 nitrogen and oxygen atoms in total. The Kier molecular flexibility index (Phi) is 6.72. The van der Waals surface area contributed by atoms with E-state index in [1.165, 1.54) is 6.07 Å². The molecule has 19 heavy (non-hydrogen) atoms. The first-order valence-electron chi connectivity index (χ1n) is 5.83. The first-order chi connectivity index (χ1) is 9.08. The molecular formula is C12H17ClN2O4. The van der Waals surface area contributed by atoms with E-state index in [1.54, 1.807) is 19.2 Å². The average Bonchev–Trinajstić information content (AvgIpc) is 2.38. The highest BCUT2D eigenvalue weighted by molar-refractivity contribution is 6.30. The fraction of sp³-hybridized carbons (Fsp3) is 0.500. The number of halogens is 1. The van der Waals surface area contributed by atoms with Crippen LogP contribution >= 0.6 is 11.6 Å². The molecule has 0 fully saturated rings. The first kappa shape index (κ1) is 15.8. The number of rotatable bonds is 8. The van der Waals surface area contributed by atoms with E-state index in [9.17, 15) is 10.1 Å². The van der Waals surface area contributed by atoms with E-state index in [0.29, 0.717) is 36.8 Å². The quantitative estimate of drug-likeness (QED) is 0.582. The van der Waals surface area contributed by atoms with Gasteiger partial charge in [-0.2, -0.15) is 0 Å². The summed E-state index contributed by atoms with van der Waals surface area (Å²) in [6.07, 6.45) is 0. The molecule has 0 aliphatic heterocycles. The maximum atomic E-state index is 11.0. The lowest BCUT2D eigenvalue weighted by molar-refractivity contribution is -0.385. The number of hydrogen-bond acceptors (Lipinski definition) is 5. The van der Waals surface area contributed by atoms with Crippen LogP contribution in [0.15, 0.2) is 18.2 Å². The third-order valence-corrected chi connectivity index (χ3v) is 2.90. The van der Waals surface area contributed by atoms with Crippen molar-refractivity contribution in [2.45, 2.75) is 6.54 Å². The van der Waals surface area contributed by atoms with Crippen LogP contribution in [0.4, 0.5) is 5.69 Å². The lowest BCUT2D eigenvalue weighted by atomic mass is 10.1. The number of hydrogen-bond donors (Lipinski definition) is 1. The molecule has 0 bridgehead atoms. The van der Waals surface area contributed by atoms with E-state index in [0.717, 1.165) is 0 Å². The standard InChI is InChI=1S/C12H17ClN2O4/c1-19-7-5-14(4-6-16)9-10-2-3-11(13)8-12(10)15(17)18/h2-3,8,16H,4-7,9H2,1H3. The Hall–Kier alpha value is -1.21. The molecular weight excluding hydrogens is 272 g/mol. The van der Waals surface area contributed by atoms with E-state index in [4.69, 9.17) is 21.4 Å². The highest BCUT2D eigenvalue weighted by Crippen LogP contribution is 2.24. The molecule has 1 aromatic rings. The van der Waals surface area contributed by atoms with Crippen LogP contribution < -0.4 is 0 Å². The summed E-state index contributed by atoms with van der Waals surface area (Å²) in [5.41, 5.74) is 0.562. The summed E-state index contributed by atoms with van der Waals surface area (Å²) in [6, 6.07) is 4.60. The van der Waals surface area contributed by atoms with Crippen LogP contribution in [0.3, 0.4) is 0 Å². The molecule has 0 aromatic heterocycles. The zero-order valence-electron chi connectivity index (χ0n) is 10.7. The van der Waals surface area contributed by atoms with Crippen molar-refractivity contribution in [1.82, 2.24) is 4.90 Å². The van der Waals surface area contributed by atoms with Gasteiger partial charge in [-0.15, -0.1) is 0 Å². The Morgan fingerprint density at radius 2 is 2.21 bits per heavy atom. The van der Waals surface area contributed by atoms with Crippen molar-refractivity contribution in [3.8, 4) is 0 Å². The van der Waals surface area contributed by atoms with Crippen molar-refractivity contribution in [1.29, 1.82) is 0 Å². The van der Waals surface area contributed by atoms with Crippen molar-refractivity contribution in [2.75, 3.05) is 33.4 Å². The van der Waals surface area contributed by atoms with Gasteiger partial charge >= 0.3 is 0 Å². The second-order valence-electron chi connectivity index (χ2n) is 4.02. The molecule has 0 saturated heterocycles. The van der Waals surface area contributed by atoms with Crippen LogP contribution in [-0.4, -0.2) is 48.3 Å². The monoisotopic (exact) mass is 288 g/mol. The van der Waals surface area contributed by atoms with E-state index >= 15 is 0 Å². The van der Waals surface area contributed by atoms with Crippen LogP contribution in [0.5, 0.6) is 0 Å². The summed E-state index contributed by atoms with van der Waals surface area (Å²) in [4.78, 5) is 12.4.